The van der Waals surface area contributed by atoms with Crippen molar-refractivity contribution in [3.05, 3.63) is 0 Å². The van der Waals surface area contributed by atoms with Crippen molar-refractivity contribution in [1.29, 1.82) is 0 Å². The van der Waals surface area contributed by atoms with E-state index in [1.54, 1.807) is 0 Å². The predicted octanol–water partition coefficient (Wildman–Crippen LogP) is 2.81. The summed E-state index contributed by atoms with van der Waals surface area (Å²) >= 11 is 0. The maximum absolute atomic E-state index is 5.77. The van der Waals surface area contributed by atoms with E-state index < -0.39 is 0 Å². The molecule has 0 saturated carbocycles. The Hall–Kier alpha value is -0.230. The molecular formula is C27H57B2NO8. The zero-order valence-corrected chi connectivity index (χ0v) is 25.0. The van der Waals surface area contributed by atoms with Gasteiger partial charge in [0.2, 0.25) is 0 Å². The van der Waals surface area contributed by atoms with Gasteiger partial charge in [0, 0.05) is 39.5 Å². The fourth-order valence-electron chi connectivity index (χ4n) is 3.04. The molecule has 0 N–H and O–H groups in total. The van der Waals surface area contributed by atoms with E-state index in [9.17, 15) is 0 Å². The lowest BCUT2D eigenvalue weighted by molar-refractivity contribution is -0.00187. The Labute approximate surface area is 235 Å². The molecular weight excluding hydrogens is 488 g/mol. The molecule has 224 valence electrons. The maximum Gasteiger partial charge on any atom is 0.108 e. The monoisotopic (exact) mass is 545 g/mol. The van der Waals surface area contributed by atoms with Gasteiger partial charge in [0.15, 0.2) is 0 Å². The molecule has 0 unspecified atom stereocenters. The molecule has 0 saturated heterocycles. The van der Waals surface area contributed by atoms with Gasteiger partial charge in [-0.25, -0.2) is 0 Å². The lowest BCUT2D eigenvalue weighted by Gasteiger charge is -2.22. The molecule has 0 aliphatic carbocycles. The smallest absolute Gasteiger partial charge is 0.108 e. The summed E-state index contributed by atoms with van der Waals surface area (Å²) < 4.78 is 44.9. The second kappa shape index (κ2) is 33.0. The first-order valence-electron chi connectivity index (χ1n) is 14.6. The number of nitrogens with zero attached hydrogens (tertiary/aromatic N) is 1. The summed E-state index contributed by atoms with van der Waals surface area (Å²) in [5, 5.41) is 0. The highest BCUT2D eigenvalue weighted by Crippen LogP contribution is 1.98. The van der Waals surface area contributed by atoms with Gasteiger partial charge in [-0.1, -0.05) is 40.1 Å². The van der Waals surface area contributed by atoms with Gasteiger partial charge in [0.25, 0.3) is 0 Å². The second-order valence-electron chi connectivity index (χ2n) is 9.32. The van der Waals surface area contributed by atoms with E-state index >= 15 is 0 Å². The van der Waals surface area contributed by atoms with Crippen LogP contribution in [0.1, 0.15) is 20.3 Å². The van der Waals surface area contributed by atoms with Crippen LogP contribution in [0.3, 0.4) is 0 Å². The zero-order chi connectivity index (χ0) is 27.8. The first-order valence-corrected chi connectivity index (χ1v) is 14.6. The summed E-state index contributed by atoms with van der Waals surface area (Å²) in [7, 11) is 4.20. The average molecular weight is 545 g/mol. The Morgan fingerprint density at radius 1 is 0.421 bits per heavy atom. The molecule has 0 atom stereocenters. The predicted molar refractivity (Wildman–Crippen MR) is 155 cm³/mol. The molecule has 0 aromatic rings. The number of hydrogen-bond acceptors (Lipinski definition) is 9. The van der Waals surface area contributed by atoms with E-state index in [0.29, 0.717) is 91.8 Å². The molecule has 0 aliphatic heterocycles. The average Bonchev–Trinajstić information content (AvgIpc) is 2.91. The fourth-order valence-corrected chi connectivity index (χ4v) is 3.04. The summed E-state index contributed by atoms with van der Waals surface area (Å²) in [6.45, 7) is 21.2. The van der Waals surface area contributed by atoms with Gasteiger partial charge in [0.1, 0.15) is 14.6 Å². The van der Waals surface area contributed by atoms with Crippen molar-refractivity contribution in [2.24, 2.45) is 5.92 Å². The molecule has 0 heterocycles. The van der Waals surface area contributed by atoms with Crippen LogP contribution in [0.2, 0.25) is 26.3 Å². The molecule has 0 fully saturated rings. The lowest BCUT2D eigenvalue weighted by Crippen LogP contribution is -2.34. The highest BCUT2D eigenvalue weighted by atomic mass is 16.6. The molecule has 0 spiro atoms. The van der Waals surface area contributed by atoms with Crippen molar-refractivity contribution in [3.63, 3.8) is 0 Å². The molecule has 0 aromatic carbocycles. The SMILES string of the molecule is C[B]CCOCCOCCOCCN(CCOCCOCCOCC[B]C)CCOCCOCCC(C)C. The van der Waals surface area contributed by atoms with Crippen LogP contribution in [0, 0.1) is 5.92 Å². The van der Waals surface area contributed by atoms with Crippen molar-refractivity contribution in [3.8, 4) is 0 Å². The highest BCUT2D eigenvalue weighted by Gasteiger charge is 2.06. The van der Waals surface area contributed by atoms with E-state index in [0.717, 1.165) is 58.5 Å². The Kier molecular flexibility index (Phi) is 32.8. The number of rotatable bonds is 33. The molecule has 9 nitrogen and oxygen atoms in total. The van der Waals surface area contributed by atoms with Crippen LogP contribution < -0.4 is 0 Å². The Morgan fingerprint density at radius 3 is 1.03 bits per heavy atom. The number of ether oxygens (including phenoxy) is 8. The van der Waals surface area contributed by atoms with Crippen molar-refractivity contribution in [2.75, 3.05) is 125 Å². The summed E-state index contributed by atoms with van der Waals surface area (Å²) in [6.07, 6.45) is 3.04. The van der Waals surface area contributed by atoms with Crippen LogP contribution >= 0.6 is 0 Å². The summed E-state index contributed by atoms with van der Waals surface area (Å²) in [5.41, 5.74) is 0. The van der Waals surface area contributed by atoms with Crippen molar-refractivity contribution >= 4 is 14.6 Å². The maximum atomic E-state index is 5.77. The first-order chi connectivity index (χ1) is 18.7. The lowest BCUT2D eigenvalue weighted by atomic mass is 9.79. The van der Waals surface area contributed by atoms with Crippen LogP contribution in [-0.4, -0.2) is 145 Å². The quantitative estimate of drug-likeness (QED) is 0.0915. The number of hydrogen-bond donors (Lipinski definition) is 0. The molecule has 0 rings (SSSR count). The molecule has 0 amide bonds. The minimum Gasteiger partial charge on any atom is -0.380 e. The van der Waals surface area contributed by atoms with E-state index in [4.69, 9.17) is 37.9 Å². The topological polar surface area (TPSA) is 77.1 Å². The van der Waals surface area contributed by atoms with Crippen LogP contribution in [-0.2, 0) is 37.9 Å². The summed E-state index contributed by atoms with van der Waals surface area (Å²) in [4.78, 5) is 2.30. The van der Waals surface area contributed by atoms with Gasteiger partial charge in [-0.3, -0.25) is 4.90 Å². The van der Waals surface area contributed by atoms with E-state index in [2.05, 4.69) is 33.3 Å². The van der Waals surface area contributed by atoms with Crippen LogP contribution in [0.15, 0.2) is 0 Å². The van der Waals surface area contributed by atoms with Crippen molar-refractivity contribution < 1.29 is 37.9 Å². The van der Waals surface area contributed by atoms with E-state index in [-0.39, 0.29) is 0 Å². The highest BCUT2D eigenvalue weighted by molar-refractivity contribution is 6.33. The molecule has 2 radical (unpaired) electrons. The third kappa shape index (κ3) is 32.0. The largest absolute Gasteiger partial charge is 0.380 e. The minimum absolute atomic E-state index is 0.578. The fraction of sp³-hybridized carbons (Fsp3) is 1.00. The minimum atomic E-state index is 0.578. The third-order valence-corrected chi connectivity index (χ3v) is 5.46. The molecule has 0 aromatic heterocycles. The Balaban J connectivity index is 3.88. The van der Waals surface area contributed by atoms with Gasteiger partial charge in [-0.2, -0.15) is 0 Å². The van der Waals surface area contributed by atoms with Crippen molar-refractivity contribution in [1.82, 2.24) is 4.90 Å². The Bertz CT molecular complexity index is 416. The Morgan fingerprint density at radius 2 is 0.711 bits per heavy atom. The van der Waals surface area contributed by atoms with Gasteiger partial charge in [0.05, 0.1) is 85.9 Å². The van der Waals surface area contributed by atoms with Crippen molar-refractivity contribution in [2.45, 2.75) is 46.6 Å². The molecule has 0 bridgehead atoms. The normalized spacial score (nSPS) is 11.6. The third-order valence-electron chi connectivity index (χ3n) is 5.46. The van der Waals surface area contributed by atoms with Crippen LogP contribution in [0.5, 0.6) is 0 Å². The van der Waals surface area contributed by atoms with Crippen LogP contribution in [0.25, 0.3) is 0 Å². The van der Waals surface area contributed by atoms with Gasteiger partial charge in [-0.05, 0) is 12.3 Å². The second-order valence-corrected chi connectivity index (χ2v) is 9.32. The molecule has 11 heteroatoms. The van der Waals surface area contributed by atoms with E-state index in [1.807, 2.05) is 13.6 Å². The standard InChI is InChI=1S/C27H57B2NO8/c1-27(2)5-11-31-17-20-34-14-8-30(9-15-35-21-25-37-23-18-32-12-6-28-3)10-16-36-22-26-38-24-19-33-13-7-29-4/h27H,5-26H2,1-4H3. The molecule has 0 aliphatic rings. The first kappa shape index (κ1) is 37.8. The summed E-state index contributed by atoms with van der Waals surface area (Å²) in [6, 6.07) is 0. The van der Waals surface area contributed by atoms with Gasteiger partial charge in [-0.15, -0.1) is 0 Å². The van der Waals surface area contributed by atoms with Gasteiger partial charge < -0.3 is 37.9 Å². The zero-order valence-electron chi connectivity index (χ0n) is 25.0. The van der Waals surface area contributed by atoms with Crippen LogP contribution in [0.4, 0.5) is 0 Å². The molecule has 38 heavy (non-hydrogen) atoms. The van der Waals surface area contributed by atoms with Gasteiger partial charge >= 0.3 is 0 Å². The summed E-state index contributed by atoms with van der Waals surface area (Å²) in [5.74, 6) is 0.666. The van der Waals surface area contributed by atoms with E-state index in [1.165, 1.54) is 0 Å².